The van der Waals surface area contributed by atoms with Crippen LogP contribution in [0.3, 0.4) is 0 Å². The summed E-state index contributed by atoms with van der Waals surface area (Å²) in [5.74, 6) is -2.61. The molecule has 1 aromatic rings. The average Bonchev–Trinajstić information content (AvgIpc) is 2.35. The zero-order valence-corrected chi connectivity index (χ0v) is 10.9. The van der Waals surface area contributed by atoms with Gasteiger partial charge in [0.1, 0.15) is 5.75 Å². The minimum absolute atomic E-state index is 0.0293. The molecular formula is C13H15N2O5-. The van der Waals surface area contributed by atoms with Crippen molar-refractivity contribution < 1.29 is 24.6 Å². The smallest absolute Gasteiger partial charge is 0.269 e. The van der Waals surface area contributed by atoms with E-state index in [1.54, 1.807) is 6.92 Å². The fourth-order valence-corrected chi connectivity index (χ4v) is 1.54. The number of carboxylic acid groups (broad SMARTS) is 1. The van der Waals surface area contributed by atoms with Crippen LogP contribution < -0.4 is 16.0 Å². The van der Waals surface area contributed by atoms with Gasteiger partial charge in [-0.3, -0.25) is 20.4 Å². The summed E-state index contributed by atoms with van der Waals surface area (Å²) in [6.45, 7) is 1.59. The number of carbonyl (C=O) groups excluding carboxylic acids is 3. The third kappa shape index (κ3) is 5.38. The molecule has 20 heavy (non-hydrogen) atoms. The van der Waals surface area contributed by atoms with Crippen molar-refractivity contribution in [2.24, 2.45) is 5.92 Å². The van der Waals surface area contributed by atoms with Crippen molar-refractivity contribution in [2.45, 2.75) is 19.8 Å². The third-order valence-corrected chi connectivity index (χ3v) is 2.49. The first kappa shape index (κ1) is 15.5. The molecule has 0 fully saturated rings. The quantitative estimate of drug-likeness (QED) is 0.617. The van der Waals surface area contributed by atoms with Crippen molar-refractivity contribution >= 4 is 17.8 Å². The third-order valence-electron chi connectivity index (χ3n) is 2.49. The molecule has 1 rings (SSSR count). The minimum atomic E-state index is -1.22. The monoisotopic (exact) mass is 279 g/mol. The van der Waals surface area contributed by atoms with Gasteiger partial charge in [-0.05, 0) is 36.6 Å². The van der Waals surface area contributed by atoms with Gasteiger partial charge in [0.25, 0.3) is 5.91 Å². The highest BCUT2D eigenvalue weighted by Crippen LogP contribution is 2.09. The molecule has 0 saturated carbocycles. The van der Waals surface area contributed by atoms with E-state index in [9.17, 15) is 19.5 Å². The summed E-state index contributed by atoms with van der Waals surface area (Å²) in [4.78, 5) is 33.4. The molecule has 0 aliphatic carbocycles. The second-order valence-electron chi connectivity index (χ2n) is 4.43. The number of aromatic hydroxyl groups is 1. The summed E-state index contributed by atoms with van der Waals surface area (Å²) in [5, 5.41) is 19.4. The lowest BCUT2D eigenvalue weighted by Crippen LogP contribution is -2.42. The predicted octanol–water partition coefficient (Wildman–Crippen LogP) is -0.681. The Bertz CT molecular complexity index is 498. The molecule has 1 atom stereocenters. The van der Waals surface area contributed by atoms with Crippen LogP contribution in [0.1, 0.15) is 30.1 Å². The summed E-state index contributed by atoms with van der Waals surface area (Å²) in [7, 11) is 0. The van der Waals surface area contributed by atoms with E-state index in [-0.39, 0.29) is 30.1 Å². The Kier molecular flexibility index (Phi) is 5.52. The van der Waals surface area contributed by atoms with Gasteiger partial charge in [0.15, 0.2) is 0 Å². The Labute approximate surface area is 115 Å². The normalized spacial score (nSPS) is 11.4. The molecule has 0 heterocycles. The van der Waals surface area contributed by atoms with E-state index in [4.69, 9.17) is 5.11 Å². The van der Waals surface area contributed by atoms with Gasteiger partial charge in [0.2, 0.25) is 5.91 Å². The van der Waals surface area contributed by atoms with Crippen molar-refractivity contribution in [1.82, 2.24) is 10.9 Å². The van der Waals surface area contributed by atoms with Gasteiger partial charge >= 0.3 is 0 Å². The van der Waals surface area contributed by atoms with Gasteiger partial charge < -0.3 is 15.0 Å². The van der Waals surface area contributed by atoms with Crippen LogP contribution in [0.4, 0.5) is 0 Å². The van der Waals surface area contributed by atoms with E-state index in [0.717, 1.165) is 0 Å². The van der Waals surface area contributed by atoms with Crippen molar-refractivity contribution in [3.8, 4) is 5.75 Å². The molecule has 108 valence electrons. The van der Waals surface area contributed by atoms with Crippen LogP contribution in [0.25, 0.3) is 0 Å². The first-order chi connectivity index (χ1) is 9.38. The molecule has 2 amide bonds. The van der Waals surface area contributed by atoms with Crippen LogP contribution in [-0.4, -0.2) is 22.9 Å². The Balaban J connectivity index is 2.39. The molecule has 0 spiro atoms. The lowest BCUT2D eigenvalue weighted by Gasteiger charge is -2.12. The van der Waals surface area contributed by atoms with Gasteiger partial charge in [-0.15, -0.1) is 0 Å². The standard InChI is InChI=1S/C13H16N2O5/c1-8(7-12(18)19)6-11(17)14-15-13(20)9-2-4-10(16)5-3-9/h2-5,8,16H,6-7H2,1H3,(H,14,17)(H,15,20)(H,18,19)/p-1/t8-/m1/s1. The number of phenols is 1. The van der Waals surface area contributed by atoms with Gasteiger partial charge in [0.05, 0.1) is 0 Å². The number of carboxylic acids is 1. The number of nitrogens with one attached hydrogen (secondary N) is 2. The maximum absolute atomic E-state index is 11.6. The SMILES string of the molecule is C[C@@H](CC(=O)[O-])CC(=O)NNC(=O)c1ccc(O)cc1. The van der Waals surface area contributed by atoms with Crippen molar-refractivity contribution in [3.05, 3.63) is 29.8 Å². The first-order valence-electron chi connectivity index (χ1n) is 5.96. The summed E-state index contributed by atoms with van der Waals surface area (Å²) < 4.78 is 0. The molecular weight excluding hydrogens is 264 g/mol. The molecule has 7 heteroatoms. The maximum atomic E-state index is 11.6. The number of hydrogen-bond acceptors (Lipinski definition) is 5. The molecule has 0 unspecified atom stereocenters. The molecule has 0 radical (unpaired) electrons. The summed E-state index contributed by atoms with van der Waals surface area (Å²) in [6, 6.07) is 5.49. The van der Waals surface area contributed by atoms with Gasteiger partial charge in [-0.25, -0.2) is 0 Å². The molecule has 0 bridgehead atoms. The highest BCUT2D eigenvalue weighted by Gasteiger charge is 2.11. The van der Waals surface area contributed by atoms with Crippen LogP contribution >= 0.6 is 0 Å². The summed E-state index contributed by atoms with van der Waals surface area (Å²) >= 11 is 0. The summed E-state index contributed by atoms with van der Waals surface area (Å²) in [6.07, 6.45) is -0.261. The summed E-state index contributed by atoms with van der Waals surface area (Å²) in [5.41, 5.74) is 4.65. The van der Waals surface area contributed by atoms with Crippen LogP contribution in [0.5, 0.6) is 5.75 Å². The molecule has 7 nitrogen and oxygen atoms in total. The van der Waals surface area contributed by atoms with Crippen molar-refractivity contribution in [1.29, 1.82) is 0 Å². The fraction of sp³-hybridized carbons (Fsp3) is 0.308. The first-order valence-corrected chi connectivity index (χ1v) is 5.96. The molecule has 0 saturated heterocycles. The number of aliphatic carboxylic acids is 1. The number of rotatable bonds is 5. The van der Waals surface area contributed by atoms with Gasteiger partial charge in [0, 0.05) is 18.0 Å². The highest BCUT2D eigenvalue weighted by atomic mass is 16.4. The number of hydrogen-bond donors (Lipinski definition) is 3. The van der Waals surface area contributed by atoms with Crippen LogP contribution in [0, 0.1) is 5.92 Å². The lowest BCUT2D eigenvalue weighted by atomic mass is 10.0. The maximum Gasteiger partial charge on any atom is 0.269 e. The molecule has 0 aliphatic heterocycles. The molecule has 0 aliphatic rings. The van der Waals surface area contributed by atoms with E-state index >= 15 is 0 Å². The second kappa shape index (κ2) is 7.13. The van der Waals surface area contributed by atoms with E-state index < -0.39 is 17.8 Å². The topological polar surface area (TPSA) is 119 Å². The zero-order chi connectivity index (χ0) is 15.1. The number of phenolic OH excluding ortho intramolecular Hbond substituents is 1. The fourth-order valence-electron chi connectivity index (χ4n) is 1.54. The molecule has 3 N–H and O–H groups in total. The average molecular weight is 279 g/mol. The zero-order valence-electron chi connectivity index (χ0n) is 10.9. The van der Waals surface area contributed by atoms with Crippen molar-refractivity contribution in [2.75, 3.05) is 0 Å². The second-order valence-corrected chi connectivity index (χ2v) is 4.43. The van der Waals surface area contributed by atoms with E-state index in [0.29, 0.717) is 0 Å². The van der Waals surface area contributed by atoms with Crippen LogP contribution in [0.15, 0.2) is 24.3 Å². The van der Waals surface area contributed by atoms with Gasteiger partial charge in [-0.1, -0.05) is 6.92 Å². The van der Waals surface area contributed by atoms with E-state index in [1.165, 1.54) is 24.3 Å². The number of carbonyl (C=O) groups is 3. The lowest BCUT2D eigenvalue weighted by molar-refractivity contribution is -0.306. The molecule has 1 aromatic carbocycles. The van der Waals surface area contributed by atoms with Gasteiger partial charge in [-0.2, -0.15) is 0 Å². The molecule has 0 aromatic heterocycles. The number of amides is 2. The Morgan fingerprint density at radius 2 is 1.75 bits per heavy atom. The number of hydrazine groups is 1. The van der Waals surface area contributed by atoms with Crippen LogP contribution in [0.2, 0.25) is 0 Å². The Morgan fingerprint density at radius 3 is 2.30 bits per heavy atom. The van der Waals surface area contributed by atoms with E-state index in [1.807, 2.05) is 0 Å². The minimum Gasteiger partial charge on any atom is -0.550 e. The predicted molar refractivity (Wildman–Crippen MR) is 67.1 cm³/mol. The van der Waals surface area contributed by atoms with E-state index in [2.05, 4.69) is 10.9 Å². The van der Waals surface area contributed by atoms with Crippen molar-refractivity contribution in [3.63, 3.8) is 0 Å². The Morgan fingerprint density at radius 1 is 1.15 bits per heavy atom. The van der Waals surface area contributed by atoms with Crippen LogP contribution in [-0.2, 0) is 9.59 Å². The largest absolute Gasteiger partial charge is 0.550 e. The highest BCUT2D eigenvalue weighted by molar-refractivity contribution is 5.95. The number of benzene rings is 1. The Hall–Kier alpha value is -2.57.